The van der Waals surface area contributed by atoms with E-state index in [0.717, 1.165) is 0 Å². The quantitative estimate of drug-likeness (QED) is 0.701. The first-order valence-electron chi connectivity index (χ1n) is 9.71. The Morgan fingerprint density at radius 3 is 2.28 bits per heavy atom. The maximum absolute atomic E-state index is 12.9. The van der Waals surface area contributed by atoms with Crippen molar-refractivity contribution in [3.05, 3.63) is 24.2 Å². The molecular weight excluding hydrogens is 400 g/mol. The lowest BCUT2D eigenvalue weighted by molar-refractivity contribution is -0.134. The molecule has 0 spiro atoms. The predicted molar refractivity (Wildman–Crippen MR) is 104 cm³/mol. The van der Waals surface area contributed by atoms with Gasteiger partial charge in [-0.3, -0.25) is 9.59 Å². The summed E-state index contributed by atoms with van der Waals surface area (Å²) in [4.78, 5) is 26.3. The van der Waals surface area contributed by atoms with Crippen LogP contribution in [0.25, 0.3) is 0 Å². The van der Waals surface area contributed by atoms with Crippen molar-refractivity contribution in [2.75, 3.05) is 39.3 Å². The van der Waals surface area contributed by atoms with Crippen LogP contribution in [0.1, 0.15) is 31.1 Å². The Bertz CT molecular complexity index is 809. The van der Waals surface area contributed by atoms with Gasteiger partial charge in [-0.05, 0) is 26.8 Å². The second-order valence-corrected chi connectivity index (χ2v) is 9.44. The monoisotopic (exact) mass is 428 g/mol. The highest BCUT2D eigenvalue weighted by molar-refractivity contribution is 7.86. The topological polar surface area (TPSA) is 112 Å². The number of piperazine rings is 1. The summed E-state index contributed by atoms with van der Waals surface area (Å²) in [5.74, 6) is -0.635. The lowest BCUT2D eigenvalue weighted by atomic mass is 10.2. The first kappa shape index (κ1) is 21.8. The van der Waals surface area contributed by atoms with Crippen LogP contribution in [0, 0.1) is 0 Å². The van der Waals surface area contributed by atoms with Crippen LogP contribution >= 0.6 is 0 Å². The Kier molecular flexibility index (Phi) is 6.62. The van der Waals surface area contributed by atoms with E-state index in [2.05, 4.69) is 5.32 Å². The molecule has 3 heterocycles. The number of carbonyl (C=O) groups excluding carboxylic acids is 2. The van der Waals surface area contributed by atoms with Crippen LogP contribution in [0.3, 0.4) is 0 Å². The van der Waals surface area contributed by atoms with E-state index in [1.807, 2.05) is 13.8 Å². The van der Waals surface area contributed by atoms with Gasteiger partial charge in [-0.15, -0.1) is 0 Å². The summed E-state index contributed by atoms with van der Waals surface area (Å²) in [7, 11) is -3.60. The third kappa shape index (κ3) is 4.97. The standard InChI is InChI=1S/C18H28N4O6S/c1-13-10-22(11-14(2)28-13)29(25,26)21-7-5-20(6-8-21)18(24)15(3)19-17(23)16-4-9-27-12-16/h4,9,12-15H,5-8,10-11H2,1-3H3,(H,19,23)/t13-,14-,15+/m1/s1. The number of nitrogens with zero attached hydrogens (tertiary/aromatic N) is 3. The van der Waals surface area contributed by atoms with Gasteiger partial charge < -0.3 is 19.4 Å². The number of ether oxygens (including phenoxy) is 1. The van der Waals surface area contributed by atoms with Crippen molar-refractivity contribution in [2.24, 2.45) is 0 Å². The zero-order valence-corrected chi connectivity index (χ0v) is 17.7. The molecule has 1 N–H and O–H groups in total. The number of furan rings is 1. The molecule has 0 saturated carbocycles. The summed E-state index contributed by atoms with van der Waals surface area (Å²) < 4.78 is 39.2. The largest absolute Gasteiger partial charge is 0.472 e. The van der Waals surface area contributed by atoms with Gasteiger partial charge in [-0.1, -0.05) is 0 Å². The Morgan fingerprint density at radius 2 is 1.72 bits per heavy atom. The van der Waals surface area contributed by atoms with Crippen LogP contribution in [0.15, 0.2) is 23.0 Å². The molecule has 0 bridgehead atoms. The molecule has 2 amide bonds. The summed E-state index contributed by atoms with van der Waals surface area (Å²) in [5.41, 5.74) is 0.342. The number of rotatable bonds is 5. The summed E-state index contributed by atoms with van der Waals surface area (Å²) in [6.45, 7) is 6.96. The van der Waals surface area contributed by atoms with Gasteiger partial charge in [-0.2, -0.15) is 17.0 Å². The second kappa shape index (κ2) is 8.82. The number of nitrogens with one attached hydrogen (secondary N) is 1. The van der Waals surface area contributed by atoms with E-state index in [1.165, 1.54) is 27.2 Å². The minimum atomic E-state index is -3.60. The van der Waals surface area contributed by atoms with Crippen molar-refractivity contribution in [1.29, 1.82) is 0 Å². The minimum Gasteiger partial charge on any atom is -0.472 e. The molecule has 0 radical (unpaired) electrons. The lowest BCUT2D eigenvalue weighted by Crippen LogP contribution is -2.59. The van der Waals surface area contributed by atoms with Crippen LogP contribution in [0.5, 0.6) is 0 Å². The second-order valence-electron chi connectivity index (χ2n) is 7.51. The van der Waals surface area contributed by atoms with Crippen molar-refractivity contribution in [3.63, 3.8) is 0 Å². The zero-order valence-electron chi connectivity index (χ0n) is 16.9. The minimum absolute atomic E-state index is 0.156. The molecular formula is C18H28N4O6S. The van der Waals surface area contributed by atoms with Crippen LogP contribution < -0.4 is 5.32 Å². The predicted octanol–water partition coefficient (Wildman–Crippen LogP) is -0.104. The van der Waals surface area contributed by atoms with Crippen molar-refractivity contribution in [2.45, 2.75) is 39.0 Å². The van der Waals surface area contributed by atoms with Gasteiger partial charge in [0.2, 0.25) is 5.91 Å². The fraction of sp³-hybridized carbons (Fsp3) is 0.667. The maximum Gasteiger partial charge on any atom is 0.282 e. The molecule has 0 unspecified atom stereocenters. The number of amides is 2. The van der Waals surface area contributed by atoms with Gasteiger partial charge >= 0.3 is 0 Å². The molecule has 0 aromatic carbocycles. The van der Waals surface area contributed by atoms with Gasteiger partial charge in [-0.25, -0.2) is 0 Å². The zero-order chi connectivity index (χ0) is 21.2. The third-order valence-corrected chi connectivity index (χ3v) is 7.06. The van der Waals surface area contributed by atoms with Gasteiger partial charge in [0.15, 0.2) is 0 Å². The maximum atomic E-state index is 12.9. The Hall–Kier alpha value is -1.95. The average molecular weight is 429 g/mol. The summed E-state index contributed by atoms with van der Waals surface area (Å²) in [6.07, 6.45) is 2.38. The number of carbonyl (C=O) groups is 2. The normalized spacial score (nSPS) is 25.6. The smallest absolute Gasteiger partial charge is 0.282 e. The Morgan fingerprint density at radius 1 is 1.10 bits per heavy atom. The summed E-state index contributed by atoms with van der Waals surface area (Å²) in [5, 5.41) is 2.64. The molecule has 3 rings (SSSR count). The van der Waals surface area contributed by atoms with E-state index in [-0.39, 0.29) is 44.3 Å². The van der Waals surface area contributed by atoms with Crippen LogP contribution in [0.4, 0.5) is 0 Å². The van der Waals surface area contributed by atoms with E-state index >= 15 is 0 Å². The van der Waals surface area contributed by atoms with Gasteiger partial charge in [0.1, 0.15) is 12.3 Å². The first-order chi connectivity index (χ1) is 13.7. The highest BCUT2D eigenvalue weighted by Gasteiger charge is 2.37. The number of hydrogen-bond acceptors (Lipinski definition) is 6. The molecule has 29 heavy (non-hydrogen) atoms. The third-order valence-electron chi connectivity index (χ3n) is 5.09. The molecule has 10 nitrogen and oxygen atoms in total. The Balaban J connectivity index is 1.54. The molecule has 1 aromatic rings. The van der Waals surface area contributed by atoms with Crippen LogP contribution in [0.2, 0.25) is 0 Å². The molecule has 3 atom stereocenters. The molecule has 1 aromatic heterocycles. The van der Waals surface area contributed by atoms with Crippen molar-refractivity contribution < 1.29 is 27.2 Å². The average Bonchev–Trinajstić information content (AvgIpc) is 3.21. The first-order valence-corrected chi connectivity index (χ1v) is 11.1. The molecule has 2 aliphatic heterocycles. The SMILES string of the molecule is C[C@@H]1CN(S(=O)(=O)N2CCN(C(=O)[C@H](C)NC(=O)c3ccoc3)CC2)C[C@@H](C)O1. The van der Waals surface area contributed by atoms with E-state index in [4.69, 9.17) is 9.15 Å². The van der Waals surface area contributed by atoms with Gasteiger partial charge in [0, 0.05) is 39.3 Å². The van der Waals surface area contributed by atoms with Crippen LogP contribution in [-0.4, -0.2) is 91.3 Å². The lowest BCUT2D eigenvalue weighted by Gasteiger charge is -2.40. The summed E-state index contributed by atoms with van der Waals surface area (Å²) in [6, 6.07) is 0.797. The van der Waals surface area contributed by atoms with E-state index in [1.54, 1.807) is 11.8 Å². The Labute approximate surface area is 170 Å². The fourth-order valence-electron chi connectivity index (χ4n) is 3.63. The number of morpholine rings is 1. The molecule has 162 valence electrons. The van der Waals surface area contributed by atoms with Crippen LogP contribution in [-0.2, 0) is 19.7 Å². The molecule has 2 saturated heterocycles. The number of hydrogen-bond donors (Lipinski definition) is 1. The van der Waals surface area contributed by atoms with Crippen molar-refractivity contribution >= 4 is 22.0 Å². The summed E-state index contributed by atoms with van der Waals surface area (Å²) >= 11 is 0. The van der Waals surface area contributed by atoms with E-state index in [0.29, 0.717) is 18.7 Å². The van der Waals surface area contributed by atoms with Crippen molar-refractivity contribution in [1.82, 2.24) is 18.8 Å². The molecule has 2 fully saturated rings. The van der Waals surface area contributed by atoms with Gasteiger partial charge in [0.05, 0.1) is 24.0 Å². The van der Waals surface area contributed by atoms with Gasteiger partial charge in [0.25, 0.3) is 16.1 Å². The molecule has 11 heteroatoms. The highest BCUT2D eigenvalue weighted by Crippen LogP contribution is 2.19. The molecule has 0 aliphatic carbocycles. The van der Waals surface area contributed by atoms with E-state index < -0.39 is 22.2 Å². The fourth-order valence-corrected chi connectivity index (χ4v) is 5.38. The van der Waals surface area contributed by atoms with E-state index in [9.17, 15) is 18.0 Å². The molecule has 2 aliphatic rings. The van der Waals surface area contributed by atoms with Crippen molar-refractivity contribution in [3.8, 4) is 0 Å². The highest BCUT2D eigenvalue weighted by atomic mass is 32.2.